The fraction of sp³-hybridized carbons (Fsp3) is 0.429. The van der Waals surface area contributed by atoms with Crippen LogP contribution in [0.15, 0.2) is 24.3 Å². The van der Waals surface area contributed by atoms with Crippen LogP contribution in [0.1, 0.15) is 18.5 Å². The van der Waals surface area contributed by atoms with E-state index in [4.69, 9.17) is 17.3 Å². The van der Waals surface area contributed by atoms with Crippen molar-refractivity contribution < 1.29 is 9.59 Å². The molecule has 0 aromatic heterocycles. The molecule has 2 N–H and O–H groups in total. The van der Waals surface area contributed by atoms with Crippen molar-refractivity contribution in [3.8, 4) is 0 Å². The molecule has 2 amide bonds. The molecule has 1 aromatic carbocycles. The van der Waals surface area contributed by atoms with Crippen molar-refractivity contribution in [1.29, 1.82) is 0 Å². The van der Waals surface area contributed by atoms with Gasteiger partial charge < -0.3 is 15.5 Å². The van der Waals surface area contributed by atoms with Crippen molar-refractivity contribution in [3.05, 3.63) is 34.9 Å². The molecule has 0 bridgehead atoms. The van der Waals surface area contributed by atoms with E-state index >= 15 is 0 Å². The van der Waals surface area contributed by atoms with Gasteiger partial charge in [-0.25, -0.2) is 0 Å². The smallest absolute Gasteiger partial charge is 0.312 e. The van der Waals surface area contributed by atoms with Crippen LogP contribution < -0.4 is 5.73 Å². The van der Waals surface area contributed by atoms with Crippen LogP contribution in [0.25, 0.3) is 0 Å². The molecule has 0 saturated carbocycles. The van der Waals surface area contributed by atoms with E-state index in [0.717, 1.165) is 5.56 Å². The molecule has 0 aliphatic carbocycles. The van der Waals surface area contributed by atoms with Gasteiger partial charge in [-0.3, -0.25) is 9.59 Å². The van der Waals surface area contributed by atoms with Gasteiger partial charge in [0.15, 0.2) is 0 Å². The Morgan fingerprint density at radius 1 is 1.30 bits per heavy atom. The number of hydrogen-bond acceptors (Lipinski definition) is 3. The fourth-order valence-corrected chi connectivity index (χ4v) is 2.64. The maximum absolute atomic E-state index is 12.2. The first-order valence-corrected chi connectivity index (χ1v) is 7.01. The summed E-state index contributed by atoms with van der Waals surface area (Å²) in [5, 5.41) is 0.590. The Hall–Kier alpha value is -1.59. The summed E-state index contributed by atoms with van der Waals surface area (Å²) in [6, 6.07) is 6.91. The summed E-state index contributed by atoms with van der Waals surface area (Å²) in [6.45, 7) is 3.69. The lowest BCUT2D eigenvalue weighted by molar-refractivity contribution is -0.157. The molecule has 1 aliphatic heterocycles. The average molecular weight is 296 g/mol. The molecule has 1 fully saturated rings. The van der Waals surface area contributed by atoms with Crippen molar-refractivity contribution >= 4 is 23.4 Å². The molecule has 5 nitrogen and oxygen atoms in total. The second kappa shape index (κ2) is 6.24. The molecule has 1 aliphatic rings. The Morgan fingerprint density at radius 3 is 2.65 bits per heavy atom. The zero-order chi connectivity index (χ0) is 14.7. The van der Waals surface area contributed by atoms with Gasteiger partial charge in [0.25, 0.3) is 0 Å². The number of benzene rings is 1. The van der Waals surface area contributed by atoms with Crippen molar-refractivity contribution in [2.75, 3.05) is 26.2 Å². The molecule has 2 rings (SSSR count). The van der Waals surface area contributed by atoms with Crippen LogP contribution in [0.4, 0.5) is 0 Å². The molecule has 1 saturated heterocycles. The van der Waals surface area contributed by atoms with Crippen LogP contribution in [-0.2, 0) is 9.59 Å². The molecule has 0 radical (unpaired) electrons. The fourth-order valence-electron chi connectivity index (χ4n) is 2.45. The lowest BCUT2D eigenvalue weighted by Gasteiger charge is -2.37. The van der Waals surface area contributed by atoms with Crippen LogP contribution in [0.2, 0.25) is 5.02 Å². The monoisotopic (exact) mass is 295 g/mol. The minimum atomic E-state index is -0.492. The first-order chi connectivity index (χ1) is 9.58. The van der Waals surface area contributed by atoms with E-state index in [2.05, 4.69) is 0 Å². The van der Waals surface area contributed by atoms with Gasteiger partial charge in [0.1, 0.15) is 0 Å². The van der Waals surface area contributed by atoms with Crippen LogP contribution in [0.5, 0.6) is 0 Å². The Bertz CT molecular complexity index is 521. The minimum Gasteiger partial charge on any atom is -0.333 e. The van der Waals surface area contributed by atoms with Gasteiger partial charge >= 0.3 is 11.8 Å². The first-order valence-electron chi connectivity index (χ1n) is 6.63. The third kappa shape index (κ3) is 2.78. The van der Waals surface area contributed by atoms with Crippen LogP contribution >= 0.6 is 11.6 Å². The number of carbonyl (C=O) groups excluding carboxylic acids is 2. The van der Waals surface area contributed by atoms with E-state index in [1.165, 1.54) is 0 Å². The van der Waals surface area contributed by atoms with Gasteiger partial charge in [0.2, 0.25) is 0 Å². The first kappa shape index (κ1) is 14.8. The molecule has 20 heavy (non-hydrogen) atoms. The molecular formula is C14H18ClN3O2. The summed E-state index contributed by atoms with van der Waals surface area (Å²) in [6.07, 6.45) is 0. The van der Waals surface area contributed by atoms with Crippen molar-refractivity contribution in [3.63, 3.8) is 0 Å². The lowest BCUT2D eigenvalue weighted by atomic mass is 10.0. The maximum Gasteiger partial charge on any atom is 0.312 e. The summed E-state index contributed by atoms with van der Waals surface area (Å²) in [7, 11) is 0. The highest BCUT2D eigenvalue weighted by Crippen LogP contribution is 2.24. The highest BCUT2D eigenvalue weighted by molar-refractivity contribution is 6.35. The van der Waals surface area contributed by atoms with Crippen LogP contribution in [-0.4, -0.2) is 47.8 Å². The largest absolute Gasteiger partial charge is 0.333 e. The SMILES string of the molecule is CCN1CCN(C(CN)c2cccc(Cl)c2)C(=O)C1=O. The molecule has 6 heteroatoms. The summed E-state index contributed by atoms with van der Waals surface area (Å²) in [4.78, 5) is 27.2. The van der Waals surface area contributed by atoms with Crippen molar-refractivity contribution in [2.24, 2.45) is 5.73 Å². The molecule has 0 spiro atoms. The summed E-state index contributed by atoms with van der Waals surface area (Å²) < 4.78 is 0. The Kier molecular flexibility index (Phi) is 4.62. The zero-order valence-electron chi connectivity index (χ0n) is 11.4. The summed E-state index contributed by atoms with van der Waals surface area (Å²) >= 11 is 5.98. The number of likely N-dealkylation sites (N-methyl/N-ethyl adjacent to an activating group) is 1. The van der Waals surface area contributed by atoms with Gasteiger partial charge in [-0.15, -0.1) is 0 Å². The average Bonchev–Trinajstić information content (AvgIpc) is 2.44. The molecule has 108 valence electrons. The van der Waals surface area contributed by atoms with Crippen molar-refractivity contribution in [1.82, 2.24) is 9.80 Å². The Morgan fingerprint density at radius 2 is 2.05 bits per heavy atom. The van der Waals surface area contributed by atoms with Crippen LogP contribution in [0.3, 0.4) is 0 Å². The van der Waals surface area contributed by atoms with Gasteiger partial charge in [-0.1, -0.05) is 23.7 Å². The highest BCUT2D eigenvalue weighted by atomic mass is 35.5. The molecule has 1 heterocycles. The predicted octanol–water partition coefficient (Wildman–Crippen LogP) is 1.03. The number of amides is 2. The minimum absolute atomic E-state index is 0.255. The molecule has 1 atom stereocenters. The number of nitrogens with two attached hydrogens (primary N) is 1. The van der Waals surface area contributed by atoms with E-state index in [-0.39, 0.29) is 12.6 Å². The van der Waals surface area contributed by atoms with E-state index in [9.17, 15) is 9.59 Å². The highest BCUT2D eigenvalue weighted by Gasteiger charge is 2.35. The van der Waals surface area contributed by atoms with Gasteiger partial charge in [0, 0.05) is 31.2 Å². The molecule has 1 unspecified atom stereocenters. The zero-order valence-corrected chi connectivity index (χ0v) is 12.1. The standard InChI is InChI=1S/C14H18ClN3O2/c1-2-17-6-7-18(14(20)13(17)19)12(9-16)10-4-3-5-11(15)8-10/h3-5,8,12H,2,6-7,9,16H2,1H3. The van der Waals surface area contributed by atoms with Crippen molar-refractivity contribution in [2.45, 2.75) is 13.0 Å². The number of hydrogen-bond donors (Lipinski definition) is 1. The molecular weight excluding hydrogens is 278 g/mol. The number of piperazine rings is 1. The lowest BCUT2D eigenvalue weighted by Crippen LogP contribution is -2.55. The van der Waals surface area contributed by atoms with Gasteiger partial charge in [-0.2, -0.15) is 0 Å². The number of halogens is 1. The van der Waals surface area contributed by atoms with Gasteiger partial charge in [0.05, 0.1) is 6.04 Å². The van der Waals surface area contributed by atoms with E-state index < -0.39 is 11.8 Å². The second-order valence-corrected chi connectivity index (χ2v) is 5.13. The van der Waals surface area contributed by atoms with E-state index in [0.29, 0.717) is 24.7 Å². The van der Waals surface area contributed by atoms with Crippen LogP contribution in [0, 0.1) is 0 Å². The quantitative estimate of drug-likeness (QED) is 0.844. The third-order valence-corrected chi connectivity index (χ3v) is 3.79. The number of nitrogens with zero attached hydrogens (tertiary/aromatic N) is 2. The van der Waals surface area contributed by atoms with Gasteiger partial charge in [-0.05, 0) is 24.6 Å². The Labute approximate surface area is 123 Å². The number of rotatable bonds is 4. The Balaban J connectivity index is 2.24. The third-order valence-electron chi connectivity index (χ3n) is 3.56. The van der Waals surface area contributed by atoms with E-state index in [1.807, 2.05) is 19.1 Å². The predicted molar refractivity (Wildman–Crippen MR) is 77.2 cm³/mol. The normalized spacial score (nSPS) is 17.6. The number of carbonyl (C=O) groups is 2. The summed E-state index contributed by atoms with van der Waals surface area (Å²) in [5.41, 5.74) is 6.65. The van der Waals surface area contributed by atoms with E-state index in [1.54, 1.807) is 21.9 Å². The topological polar surface area (TPSA) is 66.6 Å². The summed E-state index contributed by atoms with van der Waals surface area (Å²) in [5.74, 6) is -0.951. The maximum atomic E-state index is 12.2. The molecule has 1 aromatic rings. The second-order valence-electron chi connectivity index (χ2n) is 4.69.